The summed E-state index contributed by atoms with van der Waals surface area (Å²) in [7, 11) is -3.41. The van der Waals surface area contributed by atoms with E-state index in [1.54, 1.807) is 35.2 Å². The van der Waals surface area contributed by atoms with Gasteiger partial charge in [-0.15, -0.1) is 0 Å². The van der Waals surface area contributed by atoms with Crippen LogP contribution >= 0.6 is 0 Å². The number of aliphatic imine (C=N–C) groups is 1. The van der Waals surface area contributed by atoms with E-state index in [4.69, 9.17) is 0 Å². The van der Waals surface area contributed by atoms with Gasteiger partial charge in [0, 0.05) is 25.7 Å². The molecular formula is C21H26F2N4O2S. The van der Waals surface area contributed by atoms with E-state index in [9.17, 15) is 17.2 Å². The van der Waals surface area contributed by atoms with Gasteiger partial charge in [0.25, 0.3) is 0 Å². The Bertz CT molecular complexity index is 964. The molecule has 0 amide bonds. The molecule has 1 atom stereocenters. The number of nitrogens with zero attached hydrogens (tertiary/aromatic N) is 2. The minimum Gasteiger partial charge on any atom is -0.365 e. The first-order valence-corrected chi connectivity index (χ1v) is 11.6. The fraction of sp³-hybridized carbons (Fsp3) is 0.381. The number of nitrogens with one attached hydrogen (secondary N) is 2. The summed E-state index contributed by atoms with van der Waals surface area (Å²) >= 11 is 0. The lowest BCUT2D eigenvalue weighted by Crippen LogP contribution is -2.45. The van der Waals surface area contributed by atoms with Crippen molar-refractivity contribution in [3.05, 3.63) is 60.2 Å². The van der Waals surface area contributed by atoms with E-state index in [0.29, 0.717) is 32.0 Å². The van der Waals surface area contributed by atoms with Crippen LogP contribution in [0.2, 0.25) is 0 Å². The summed E-state index contributed by atoms with van der Waals surface area (Å²) in [6.07, 6.45) is 0.681. The van der Waals surface area contributed by atoms with Gasteiger partial charge in [0.1, 0.15) is 17.3 Å². The normalized spacial score (nSPS) is 17.2. The molecule has 1 unspecified atom stereocenters. The zero-order valence-electron chi connectivity index (χ0n) is 16.8. The standard InChI is InChI=1S/C21H26F2N4O2S/c1-2-24-21(25-12-14-30(28,29)17-7-4-3-5-8-17)26-16-11-13-27(15-16)20-18(22)9-6-10-19(20)23/h3-10,16H,2,11-15H2,1H3,(H2,24,25,26). The van der Waals surface area contributed by atoms with Crippen LogP contribution in [0.15, 0.2) is 58.4 Å². The summed E-state index contributed by atoms with van der Waals surface area (Å²) in [6.45, 7) is 3.55. The van der Waals surface area contributed by atoms with Crippen LogP contribution in [0.3, 0.4) is 0 Å². The monoisotopic (exact) mass is 436 g/mol. The maximum atomic E-state index is 14.0. The highest BCUT2D eigenvalue weighted by molar-refractivity contribution is 7.91. The first-order chi connectivity index (χ1) is 14.4. The quantitative estimate of drug-likeness (QED) is 0.516. The Labute approximate surface area is 175 Å². The van der Waals surface area contributed by atoms with Gasteiger partial charge in [-0.1, -0.05) is 24.3 Å². The Morgan fingerprint density at radius 3 is 2.50 bits per heavy atom. The summed E-state index contributed by atoms with van der Waals surface area (Å²) in [6, 6.07) is 12.1. The number of benzene rings is 2. The van der Waals surface area contributed by atoms with E-state index < -0.39 is 21.5 Å². The number of halogens is 2. The van der Waals surface area contributed by atoms with Crippen LogP contribution in [0.25, 0.3) is 0 Å². The first-order valence-electron chi connectivity index (χ1n) is 9.92. The predicted molar refractivity (Wildman–Crippen MR) is 115 cm³/mol. The molecule has 2 aromatic rings. The van der Waals surface area contributed by atoms with Crippen LogP contribution < -0.4 is 15.5 Å². The van der Waals surface area contributed by atoms with Crippen LogP contribution in [0.1, 0.15) is 13.3 Å². The van der Waals surface area contributed by atoms with Crippen molar-refractivity contribution in [1.29, 1.82) is 0 Å². The predicted octanol–water partition coefficient (Wildman–Crippen LogP) is 2.57. The largest absolute Gasteiger partial charge is 0.365 e. The molecule has 2 aromatic carbocycles. The minimum absolute atomic E-state index is 0.0160. The molecule has 9 heteroatoms. The van der Waals surface area contributed by atoms with Crippen molar-refractivity contribution in [2.24, 2.45) is 4.99 Å². The number of anilines is 1. The van der Waals surface area contributed by atoms with E-state index >= 15 is 0 Å². The number of hydrogen-bond donors (Lipinski definition) is 2. The van der Waals surface area contributed by atoms with Gasteiger partial charge in [0.2, 0.25) is 0 Å². The van der Waals surface area contributed by atoms with Gasteiger partial charge in [0.15, 0.2) is 15.8 Å². The number of hydrogen-bond acceptors (Lipinski definition) is 4. The number of rotatable bonds is 7. The minimum atomic E-state index is -3.41. The van der Waals surface area contributed by atoms with Gasteiger partial charge in [-0.2, -0.15) is 0 Å². The maximum absolute atomic E-state index is 14.0. The Morgan fingerprint density at radius 1 is 1.13 bits per heavy atom. The summed E-state index contributed by atoms with van der Waals surface area (Å²) in [4.78, 5) is 6.32. The second-order valence-corrected chi connectivity index (χ2v) is 9.15. The van der Waals surface area contributed by atoms with Crippen LogP contribution in [-0.4, -0.2) is 52.4 Å². The number of para-hydroxylation sites is 1. The van der Waals surface area contributed by atoms with E-state index in [1.165, 1.54) is 18.2 Å². The van der Waals surface area contributed by atoms with Crippen LogP contribution in [-0.2, 0) is 9.84 Å². The summed E-state index contributed by atoms with van der Waals surface area (Å²) in [5.41, 5.74) is -0.0160. The average molecular weight is 437 g/mol. The molecule has 1 saturated heterocycles. The molecule has 0 spiro atoms. The second kappa shape index (κ2) is 9.88. The van der Waals surface area contributed by atoms with Crippen LogP contribution in [0.5, 0.6) is 0 Å². The lowest BCUT2D eigenvalue weighted by atomic mass is 10.2. The third-order valence-electron chi connectivity index (χ3n) is 4.86. The van der Waals surface area contributed by atoms with Gasteiger partial charge < -0.3 is 15.5 Å². The van der Waals surface area contributed by atoms with Crippen molar-refractivity contribution >= 4 is 21.5 Å². The molecule has 0 aromatic heterocycles. The van der Waals surface area contributed by atoms with E-state index in [-0.39, 0.29) is 28.9 Å². The van der Waals surface area contributed by atoms with Gasteiger partial charge in [-0.25, -0.2) is 17.2 Å². The molecule has 0 bridgehead atoms. The molecule has 6 nitrogen and oxygen atoms in total. The summed E-state index contributed by atoms with van der Waals surface area (Å²) in [5, 5.41) is 6.33. The smallest absolute Gasteiger partial charge is 0.191 e. The van der Waals surface area contributed by atoms with Gasteiger partial charge in [0.05, 0.1) is 17.2 Å². The lowest BCUT2D eigenvalue weighted by molar-refractivity contribution is 0.576. The Balaban J connectivity index is 1.60. The highest BCUT2D eigenvalue weighted by Crippen LogP contribution is 2.26. The SMILES string of the molecule is CCNC(=NCCS(=O)(=O)c1ccccc1)NC1CCN(c2c(F)cccc2F)C1. The third kappa shape index (κ3) is 5.47. The molecule has 1 fully saturated rings. The van der Waals surface area contributed by atoms with E-state index in [2.05, 4.69) is 15.6 Å². The van der Waals surface area contributed by atoms with Gasteiger partial charge in [-0.3, -0.25) is 4.99 Å². The van der Waals surface area contributed by atoms with Gasteiger partial charge in [-0.05, 0) is 37.6 Å². The Kier molecular flexibility index (Phi) is 7.25. The molecule has 1 aliphatic heterocycles. The fourth-order valence-electron chi connectivity index (χ4n) is 3.41. The van der Waals surface area contributed by atoms with Crippen LogP contribution in [0.4, 0.5) is 14.5 Å². The molecule has 0 radical (unpaired) electrons. The average Bonchev–Trinajstić information content (AvgIpc) is 3.16. The molecule has 0 aliphatic carbocycles. The zero-order valence-corrected chi connectivity index (χ0v) is 17.6. The summed E-state index contributed by atoms with van der Waals surface area (Å²) < 4.78 is 52.9. The summed E-state index contributed by atoms with van der Waals surface area (Å²) in [5.74, 6) is -0.781. The maximum Gasteiger partial charge on any atom is 0.191 e. The Hall–Kier alpha value is -2.68. The second-order valence-electron chi connectivity index (χ2n) is 7.04. The molecule has 0 saturated carbocycles. The first kappa shape index (κ1) is 22.0. The van der Waals surface area contributed by atoms with E-state index in [1.807, 2.05) is 6.92 Å². The van der Waals surface area contributed by atoms with Crippen molar-refractivity contribution < 1.29 is 17.2 Å². The van der Waals surface area contributed by atoms with Crippen molar-refractivity contribution in [2.45, 2.75) is 24.3 Å². The van der Waals surface area contributed by atoms with Crippen molar-refractivity contribution in [3.8, 4) is 0 Å². The molecule has 30 heavy (non-hydrogen) atoms. The van der Waals surface area contributed by atoms with Crippen molar-refractivity contribution in [3.63, 3.8) is 0 Å². The van der Waals surface area contributed by atoms with E-state index in [0.717, 1.165) is 0 Å². The molecule has 1 heterocycles. The van der Waals surface area contributed by atoms with Crippen LogP contribution in [0, 0.1) is 11.6 Å². The fourth-order valence-corrected chi connectivity index (χ4v) is 4.55. The lowest BCUT2D eigenvalue weighted by Gasteiger charge is -2.21. The number of sulfone groups is 1. The highest BCUT2D eigenvalue weighted by Gasteiger charge is 2.27. The van der Waals surface area contributed by atoms with Gasteiger partial charge >= 0.3 is 0 Å². The zero-order chi connectivity index (χ0) is 21.6. The third-order valence-corrected chi connectivity index (χ3v) is 6.57. The molecular weight excluding hydrogens is 410 g/mol. The van der Waals surface area contributed by atoms with Crippen molar-refractivity contribution in [2.75, 3.05) is 36.8 Å². The topological polar surface area (TPSA) is 73.8 Å². The molecule has 3 rings (SSSR count). The number of guanidine groups is 1. The van der Waals surface area contributed by atoms with Crippen molar-refractivity contribution in [1.82, 2.24) is 10.6 Å². The molecule has 1 aliphatic rings. The molecule has 2 N–H and O–H groups in total. The Morgan fingerprint density at radius 2 is 1.83 bits per heavy atom. The highest BCUT2D eigenvalue weighted by atomic mass is 32.2. The molecule has 162 valence electrons.